The first kappa shape index (κ1) is 36.3. The Kier molecular flexibility index (Phi) is 31.4. The molecular formula is C6H15Cl2KO9. The van der Waals surface area contributed by atoms with Gasteiger partial charge >= 0.3 is 69.3 Å². The molecule has 0 aromatic carbocycles. The van der Waals surface area contributed by atoms with E-state index < -0.39 is 36.4 Å². The molecule has 0 aliphatic carbocycles. The summed E-state index contributed by atoms with van der Waals surface area (Å²) >= 11 is 0. The van der Waals surface area contributed by atoms with Crippen LogP contribution in [0.2, 0.25) is 0 Å². The molecule has 18 heavy (non-hydrogen) atoms. The second kappa shape index (κ2) is 15.6. The summed E-state index contributed by atoms with van der Waals surface area (Å²) in [6.07, 6.45) is -2.29. The van der Waals surface area contributed by atoms with E-state index in [1.807, 2.05) is 0 Å². The number of halogens is 2. The Balaban J connectivity index is -0.0000000720. The minimum atomic E-state index is -2.74. The van der Waals surface area contributed by atoms with E-state index in [-0.39, 0.29) is 87.2 Å². The molecular weight excluding hydrogens is 326 g/mol. The summed E-state index contributed by atoms with van der Waals surface area (Å²) in [6.45, 7) is 0. The molecule has 0 fully saturated rings. The van der Waals surface area contributed by atoms with E-state index in [0.29, 0.717) is 0 Å². The molecule has 0 bridgehead atoms. The zero-order chi connectivity index (χ0) is 10.6. The maximum absolute atomic E-state index is 10.3. The predicted molar refractivity (Wildman–Crippen MR) is 66.0 cm³/mol. The van der Waals surface area contributed by atoms with E-state index in [9.17, 15) is 14.4 Å². The number of carbonyl (C=O) groups is 3. The second-order valence-electron chi connectivity index (χ2n) is 2.48. The van der Waals surface area contributed by atoms with E-state index in [4.69, 9.17) is 20.4 Å². The summed E-state index contributed by atoms with van der Waals surface area (Å²) in [7, 11) is 0. The van der Waals surface area contributed by atoms with Gasteiger partial charge in [0, 0.05) is 0 Å². The van der Waals surface area contributed by atoms with Crippen LogP contribution in [0.25, 0.3) is 0 Å². The number of aliphatic carboxylic acids is 3. The molecule has 108 valence electrons. The Hall–Kier alpha value is 0.506. The van der Waals surface area contributed by atoms with Gasteiger partial charge in [-0.15, -0.1) is 24.8 Å². The molecule has 9 nitrogen and oxygen atoms in total. The van der Waals surface area contributed by atoms with E-state index in [1.54, 1.807) is 0 Å². The van der Waals surface area contributed by atoms with Crippen molar-refractivity contribution in [1.29, 1.82) is 0 Å². The maximum atomic E-state index is 10.3. The SMILES string of the molecule is Cl.Cl.O.O.O=C(O)CC(O)(CC(=O)O)C(=O)O.[KH]. The first-order valence-electron chi connectivity index (χ1n) is 3.17. The molecule has 0 saturated carbocycles. The molecule has 0 rings (SSSR count). The summed E-state index contributed by atoms with van der Waals surface area (Å²) in [4.78, 5) is 30.5. The van der Waals surface area contributed by atoms with Crippen LogP contribution in [0.3, 0.4) is 0 Å². The summed E-state index contributed by atoms with van der Waals surface area (Å²) in [6, 6.07) is 0. The topological polar surface area (TPSA) is 195 Å². The fourth-order valence-corrected chi connectivity index (χ4v) is 0.714. The van der Waals surface area contributed by atoms with E-state index in [1.165, 1.54) is 0 Å². The molecule has 0 heterocycles. The van der Waals surface area contributed by atoms with Crippen LogP contribution >= 0.6 is 24.8 Å². The Morgan fingerprint density at radius 2 is 1.06 bits per heavy atom. The Morgan fingerprint density at radius 3 is 1.17 bits per heavy atom. The van der Waals surface area contributed by atoms with Gasteiger partial charge in [0.25, 0.3) is 0 Å². The zero-order valence-electron chi connectivity index (χ0n) is 8.24. The number of carboxylic acid groups (broad SMARTS) is 3. The third kappa shape index (κ3) is 14.6. The molecule has 0 saturated heterocycles. The van der Waals surface area contributed by atoms with Crippen molar-refractivity contribution in [3.63, 3.8) is 0 Å². The average molecular weight is 341 g/mol. The Bertz CT molecular complexity index is 243. The number of aliphatic hydroxyl groups is 1. The summed E-state index contributed by atoms with van der Waals surface area (Å²) < 4.78 is 0. The summed E-state index contributed by atoms with van der Waals surface area (Å²) in [5.74, 6) is -5.02. The average Bonchev–Trinajstić information content (AvgIpc) is 1.82. The van der Waals surface area contributed by atoms with Gasteiger partial charge in [-0.1, -0.05) is 0 Å². The van der Waals surface area contributed by atoms with Crippen molar-refractivity contribution in [2.75, 3.05) is 0 Å². The van der Waals surface area contributed by atoms with Crippen LogP contribution in [-0.2, 0) is 14.4 Å². The molecule has 0 radical (unpaired) electrons. The Morgan fingerprint density at radius 1 is 0.833 bits per heavy atom. The molecule has 0 aromatic rings. The van der Waals surface area contributed by atoms with Crippen molar-refractivity contribution in [3.8, 4) is 0 Å². The number of carboxylic acids is 3. The number of hydrogen-bond donors (Lipinski definition) is 4. The quantitative estimate of drug-likeness (QED) is 0.390. The van der Waals surface area contributed by atoms with Crippen molar-refractivity contribution in [3.05, 3.63) is 0 Å². The van der Waals surface area contributed by atoms with Crippen LogP contribution in [0.4, 0.5) is 0 Å². The fraction of sp³-hybridized carbons (Fsp3) is 0.500. The molecule has 0 spiro atoms. The third-order valence-electron chi connectivity index (χ3n) is 1.29. The molecule has 0 amide bonds. The van der Waals surface area contributed by atoms with Crippen LogP contribution in [-0.4, -0.2) is 106 Å². The van der Waals surface area contributed by atoms with Crippen molar-refractivity contribution in [2.45, 2.75) is 18.4 Å². The fourth-order valence-electron chi connectivity index (χ4n) is 0.714. The summed E-state index contributed by atoms with van der Waals surface area (Å²) in [5, 5.41) is 33.8. The van der Waals surface area contributed by atoms with Gasteiger partial charge in [-0.25, -0.2) is 4.79 Å². The van der Waals surface area contributed by atoms with Crippen LogP contribution in [0.1, 0.15) is 12.8 Å². The summed E-state index contributed by atoms with van der Waals surface area (Å²) in [5.41, 5.74) is -2.74. The third-order valence-corrected chi connectivity index (χ3v) is 1.29. The van der Waals surface area contributed by atoms with Crippen molar-refractivity contribution in [2.24, 2.45) is 0 Å². The Labute approximate surface area is 156 Å². The normalized spacial score (nSPS) is 7.83. The van der Waals surface area contributed by atoms with Gasteiger partial charge in [0.05, 0.1) is 12.8 Å². The van der Waals surface area contributed by atoms with Gasteiger partial charge in [-0.3, -0.25) is 9.59 Å². The van der Waals surface area contributed by atoms with E-state index in [0.717, 1.165) is 0 Å². The van der Waals surface area contributed by atoms with E-state index >= 15 is 0 Å². The molecule has 0 aliphatic rings. The van der Waals surface area contributed by atoms with Crippen LogP contribution in [0, 0.1) is 0 Å². The standard InChI is InChI=1S/C6H8O7.2ClH.K.2H2O.H/c7-3(8)1-6(13,5(11)12)2-4(9)10;;;;;;/h13H,1-2H2,(H,7,8)(H,9,10)(H,11,12);2*1H;;2*1H2;. The first-order chi connectivity index (χ1) is 5.78. The second-order valence-corrected chi connectivity index (χ2v) is 2.48. The predicted octanol–water partition coefficient (Wildman–Crippen LogP) is -2.70. The van der Waals surface area contributed by atoms with Gasteiger partial charge in [-0.05, 0) is 0 Å². The van der Waals surface area contributed by atoms with Crippen LogP contribution < -0.4 is 0 Å². The number of hydrogen-bond acceptors (Lipinski definition) is 4. The van der Waals surface area contributed by atoms with Gasteiger partial charge in [0.15, 0.2) is 5.60 Å². The zero-order valence-corrected chi connectivity index (χ0v) is 9.88. The monoisotopic (exact) mass is 340 g/mol. The first-order valence-corrected chi connectivity index (χ1v) is 3.17. The van der Waals surface area contributed by atoms with Crippen LogP contribution in [0.15, 0.2) is 0 Å². The van der Waals surface area contributed by atoms with Crippen molar-refractivity contribution < 1.29 is 45.8 Å². The van der Waals surface area contributed by atoms with Crippen molar-refractivity contribution >= 4 is 94.1 Å². The molecule has 8 N–H and O–H groups in total. The van der Waals surface area contributed by atoms with Gasteiger partial charge in [-0.2, -0.15) is 0 Å². The molecule has 0 unspecified atom stereocenters. The van der Waals surface area contributed by atoms with Gasteiger partial charge in [0.1, 0.15) is 0 Å². The van der Waals surface area contributed by atoms with Crippen LogP contribution in [0.5, 0.6) is 0 Å². The molecule has 0 aromatic heterocycles. The minimum absolute atomic E-state index is 0. The molecule has 0 atom stereocenters. The number of rotatable bonds is 5. The van der Waals surface area contributed by atoms with E-state index in [2.05, 4.69) is 0 Å². The molecule has 0 aliphatic heterocycles. The van der Waals surface area contributed by atoms with Gasteiger partial charge < -0.3 is 31.4 Å². The van der Waals surface area contributed by atoms with Crippen molar-refractivity contribution in [1.82, 2.24) is 0 Å². The molecule has 12 heteroatoms. The van der Waals surface area contributed by atoms with Gasteiger partial charge in [0.2, 0.25) is 0 Å².